The summed E-state index contributed by atoms with van der Waals surface area (Å²) in [6, 6.07) is 0. The Labute approximate surface area is 450 Å². The summed E-state index contributed by atoms with van der Waals surface area (Å²) in [6.45, 7) is 16.9. The fourth-order valence-electron chi connectivity index (χ4n) is 13.4. The van der Waals surface area contributed by atoms with Gasteiger partial charge in [-0.15, -0.1) is 0 Å². The van der Waals surface area contributed by atoms with Crippen molar-refractivity contribution in [3.8, 4) is 0 Å². The Hall–Kier alpha value is -2.24. The van der Waals surface area contributed by atoms with Crippen molar-refractivity contribution in [1.29, 1.82) is 0 Å². The van der Waals surface area contributed by atoms with E-state index in [0.29, 0.717) is 69.3 Å². The Balaban J connectivity index is 0.890. The monoisotopic (exact) mass is 1060 g/mol. The van der Waals surface area contributed by atoms with Crippen LogP contribution in [0.25, 0.3) is 0 Å². The minimum atomic E-state index is -2.01. The number of aliphatic carboxylic acids is 1. The molecule has 0 radical (unpaired) electrons. The van der Waals surface area contributed by atoms with Gasteiger partial charge in [-0.25, -0.2) is 4.79 Å². The fraction of sp³-hybridized carbons (Fsp3) is 0.869. The number of hydrogen-bond donors (Lipinski definition) is 4. The molecule has 14 heteroatoms. The molecule has 17 atom stereocenters. The first-order valence-electron chi connectivity index (χ1n) is 30.1. The van der Waals surface area contributed by atoms with Crippen LogP contribution < -0.4 is 0 Å². The van der Waals surface area contributed by atoms with Crippen molar-refractivity contribution in [3.63, 3.8) is 0 Å². The summed E-state index contributed by atoms with van der Waals surface area (Å²) in [4.78, 5) is 25.5. The zero-order valence-corrected chi connectivity index (χ0v) is 47.0. The minimum Gasteiger partial charge on any atom is -0.479 e. The quantitative estimate of drug-likeness (QED) is 0.0364. The molecule has 0 aromatic heterocycles. The van der Waals surface area contributed by atoms with Crippen LogP contribution in [-0.2, 0) is 47.5 Å². The number of carbonyl (C=O) groups excluding carboxylic acids is 1. The van der Waals surface area contributed by atoms with Crippen LogP contribution >= 0.6 is 0 Å². The SMILES string of the molecule is C=C1[C@@H](O)[C@@H]2O[C@]3(CC[C@H](C=C[C@@H](C)[C@@H]4CC(C)=C[C@@]5(O[C@H](C[C@@](C)(O)C(=O)O)CC[C@H]5OC(=O)CCCCCCCCCCCCCCCC)O4)O3)CC[C@H]2O[C@@H]1[C@@H](O)C[C@H](C)[C@H]1O[C@@]2(CCCCO2)CC[C@H]1C. The molecule has 6 fully saturated rings. The van der Waals surface area contributed by atoms with E-state index in [1.807, 2.05) is 13.0 Å². The molecule has 7 aliphatic rings. The Morgan fingerprint density at radius 1 is 0.853 bits per heavy atom. The van der Waals surface area contributed by atoms with E-state index < -0.39 is 71.7 Å². The number of aliphatic hydroxyl groups is 3. The predicted molar refractivity (Wildman–Crippen MR) is 286 cm³/mol. The highest BCUT2D eigenvalue weighted by Crippen LogP contribution is 2.48. The van der Waals surface area contributed by atoms with E-state index in [4.69, 9.17) is 37.9 Å². The van der Waals surface area contributed by atoms with Gasteiger partial charge in [0.15, 0.2) is 23.3 Å². The molecule has 0 amide bonds. The molecule has 428 valence electrons. The summed E-state index contributed by atoms with van der Waals surface area (Å²) in [5.41, 5.74) is -0.592. The van der Waals surface area contributed by atoms with Gasteiger partial charge in [-0.2, -0.15) is 0 Å². The van der Waals surface area contributed by atoms with Crippen molar-refractivity contribution in [2.75, 3.05) is 6.61 Å². The summed E-state index contributed by atoms with van der Waals surface area (Å²) >= 11 is 0. The summed E-state index contributed by atoms with van der Waals surface area (Å²) < 4.78 is 52.6. The molecule has 14 nitrogen and oxygen atoms in total. The van der Waals surface area contributed by atoms with Crippen LogP contribution in [-0.4, -0.2) is 123 Å². The summed E-state index contributed by atoms with van der Waals surface area (Å²) in [7, 11) is 0. The maximum absolute atomic E-state index is 13.5. The molecule has 7 aliphatic heterocycles. The highest BCUT2D eigenvalue weighted by Gasteiger charge is 2.55. The molecule has 0 saturated carbocycles. The van der Waals surface area contributed by atoms with E-state index in [-0.39, 0.29) is 42.5 Å². The van der Waals surface area contributed by atoms with E-state index >= 15 is 0 Å². The second-order valence-electron chi connectivity index (χ2n) is 24.7. The average Bonchev–Trinajstić information content (AvgIpc) is 3.77. The Bertz CT molecular complexity index is 1880. The first kappa shape index (κ1) is 60.4. The van der Waals surface area contributed by atoms with Crippen molar-refractivity contribution in [3.05, 3.63) is 36.0 Å². The van der Waals surface area contributed by atoms with Gasteiger partial charge in [0.1, 0.15) is 18.3 Å². The van der Waals surface area contributed by atoms with Crippen molar-refractivity contribution in [2.24, 2.45) is 17.8 Å². The number of esters is 1. The van der Waals surface area contributed by atoms with Crippen LogP contribution in [0.5, 0.6) is 0 Å². The van der Waals surface area contributed by atoms with E-state index in [9.17, 15) is 30.0 Å². The Morgan fingerprint density at radius 2 is 1.52 bits per heavy atom. The summed E-state index contributed by atoms with van der Waals surface area (Å²) in [5, 5.41) is 43.9. The van der Waals surface area contributed by atoms with E-state index in [0.717, 1.165) is 63.5 Å². The number of carboxylic acids is 1. The lowest BCUT2D eigenvalue weighted by molar-refractivity contribution is -0.322. The zero-order chi connectivity index (χ0) is 53.8. The number of rotatable bonds is 26. The molecule has 7 rings (SSSR count). The van der Waals surface area contributed by atoms with Crippen molar-refractivity contribution < 1.29 is 67.9 Å². The lowest BCUT2D eigenvalue weighted by atomic mass is 9.79. The molecule has 75 heavy (non-hydrogen) atoms. The Kier molecular flexibility index (Phi) is 22.4. The Morgan fingerprint density at radius 3 is 2.19 bits per heavy atom. The van der Waals surface area contributed by atoms with Gasteiger partial charge in [0.2, 0.25) is 5.79 Å². The van der Waals surface area contributed by atoms with E-state index in [2.05, 4.69) is 46.4 Å². The van der Waals surface area contributed by atoms with E-state index in [1.165, 1.54) is 77.6 Å². The smallest absolute Gasteiger partial charge is 0.335 e. The second-order valence-corrected chi connectivity index (χ2v) is 24.7. The van der Waals surface area contributed by atoms with Crippen LogP contribution in [0.2, 0.25) is 0 Å². The lowest BCUT2D eigenvalue weighted by Gasteiger charge is -2.50. The number of carboxylic acid groups (broad SMARTS) is 1. The third-order valence-corrected chi connectivity index (χ3v) is 18.0. The third kappa shape index (κ3) is 16.2. The highest BCUT2D eigenvalue weighted by molar-refractivity contribution is 5.76. The maximum atomic E-state index is 13.5. The number of fused-ring (bicyclic) bond motifs is 1. The standard InChI is InChI=1S/C61H100O14/c1-8-9-10-11-12-13-14-15-16-17-18-19-20-21-24-52(63)70-51-28-27-47(40-58(7,67)57(65)66)72-61(51)39-41(2)37-50(73-61)42(3)25-26-46-30-34-60(71-46)35-31-49-56(75-60)53(64)45(6)55(69-49)48(62)38-44(5)54-43(4)29-33-59(74-54)32-22-23-36-68-59/h25-26,39,42-44,46-51,53-56,62,64,67H,6,8-24,27-38,40H2,1-5,7H3,(H,65,66)/t42-,43-,44+,46+,47+,48+,49-,50+,51-,53-,54+,55+,56-,58-,59+,60-,61-/m1/s1. The van der Waals surface area contributed by atoms with Crippen molar-refractivity contribution >= 4 is 11.9 Å². The topological polar surface area (TPSA) is 189 Å². The molecule has 0 bridgehead atoms. The number of ether oxygens (including phenoxy) is 8. The average molecular weight is 1060 g/mol. The maximum Gasteiger partial charge on any atom is 0.335 e. The molecule has 3 spiro atoms. The molecule has 0 aromatic rings. The molecule has 7 heterocycles. The molecular formula is C61H100O14. The van der Waals surface area contributed by atoms with Gasteiger partial charge >= 0.3 is 11.9 Å². The van der Waals surface area contributed by atoms with Crippen LogP contribution in [0, 0.1) is 17.8 Å². The van der Waals surface area contributed by atoms with Crippen LogP contribution in [0.3, 0.4) is 0 Å². The number of unbranched alkanes of at least 4 members (excludes halogenated alkanes) is 13. The third-order valence-electron chi connectivity index (χ3n) is 18.0. The minimum absolute atomic E-state index is 0.0397. The van der Waals surface area contributed by atoms with Crippen LogP contribution in [0.4, 0.5) is 0 Å². The summed E-state index contributed by atoms with van der Waals surface area (Å²) in [5.74, 6) is -4.24. The first-order chi connectivity index (χ1) is 35.9. The molecular weight excluding hydrogens is 957 g/mol. The number of hydrogen-bond acceptors (Lipinski definition) is 13. The molecule has 4 N–H and O–H groups in total. The number of carbonyl (C=O) groups is 2. The van der Waals surface area contributed by atoms with Gasteiger partial charge in [0.25, 0.3) is 0 Å². The molecule has 6 saturated heterocycles. The largest absolute Gasteiger partial charge is 0.479 e. The zero-order valence-electron chi connectivity index (χ0n) is 47.0. The van der Waals surface area contributed by atoms with Crippen LogP contribution in [0.15, 0.2) is 36.0 Å². The predicted octanol–water partition coefficient (Wildman–Crippen LogP) is 11.6. The van der Waals surface area contributed by atoms with Gasteiger partial charge in [0.05, 0.1) is 43.2 Å². The molecule has 0 aliphatic carbocycles. The fourth-order valence-corrected chi connectivity index (χ4v) is 13.4. The first-order valence-corrected chi connectivity index (χ1v) is 30.1. The van der Waals surface area contributed by atoms with E-state index in [1.54, 1.807) is 0 Å². The second kappa shape index (κ2) is 27.8. The van der Waals surface area contributed by atoms with Gasteiger partial charge in [-0.05, 0) is 102 Å². The van der Waals surface area contributed by atoms with Crippen molar-refractivity contribution in [1.82, 2.24) is 0 Å². The summed E-state index contributed by atoms with van der Waals surface area (Å²) in [6.07, 6.45) is 27.0. The highest BCUT2D eigenvalue weighted by atomic mass is 16.7. The molecule has 0 aromatic carbocycles. The van der Waals surface area contributed by atoms with Gasteiger partial charge < -0.3 is 58.3 Å². The van der Waals surface area contributed by atoms with Gasteiger partial charge in [-0.1, -0.05) is 135 Å². The van der Waals surface area contributed by atoms with Gasteiger partial charge in [-0.3, -0.25) is 4.79 Å². The van der Waals surface area contributed by atoms with Crippen molar-refractivity contribution in [2.45, 2.75) is 312 Å². The molecule has 0 unspecified atom stereocenters. The van der Waals surface area contributed by atoms with Crippen LogP contribution in [0.1, 0.15) is 228 Å². The normalized spacial score (nSPS) is 37.3. The van der Waals surface area contributed by atoms with Gasteiger partial charge in [0, 0.05) is 44.4 Å². The number of aliphatic hydroxyl groups excluding tert-OH is 2. The lowest BCUT2D eigenvalue weighted by Crippen LogP contribution is -2.60.